The molecule has 5 heteroatoms. The fourth-order valence-electron chi connectivity index (χ4n) is 4.07. The number of benzene rings is 2. The normalized spacial score (nSPS) is 19.0. The number of quaternary nitrogens is 1. The van der Waals surface area contributed by atoms with Gasteiger partial charge in [-0.05, 0) is 55.3 Å². The van der Waals surface area contributed by atoms with E-state index in [1.54, 1.807) is 14.2 Å². The third-order valence-electron chi connectivity index (χ3n) is 5.19. The number of amides is 1. The third kappa shape index (κ3) is 4.61. The molecule has 0 aromatic heterocycles. The molecule has 2 N–H and O–H groups in total. The van der Waals surface area contributed by atoms with Gasteiger partial charge in [0.15, 0.2) is 6.54 Å². The summed E-state index contributed by atoms with van der Waals surface area (Å²) in [4.78, 5) is 13.9. The molecule has 1 heterocycles. The standard InChI is InChI=1S/C22H28N2O3/c1-15-10-16(2)12-17(11-15)23-22(25)14-24-9-5-6-20(24)19-13-18(26-3)7-8-21(19)27-4/h7-8,10-13,20H,5-6,9,14H2,1-4H3,(H,23,25)/p+1/t20-/m0/s1. The van der Waals surface area contributed by atoms with Crippen LogP contribution in [0.25, 0.3) is 0 Å². The van der Waals surface area contributed by atoms with Crippen molar-refractivity contribution in [2.45, 2.75) is 32.7 Å². The molecule has 1 amide bonds. The predicted octanol–water partition coefficient (Wildman–Crippen LogP) is 2.68. The number of hydrogen-bond donors (Lipinski definition) is 2. The lowest BCUT2D eigenvalue weighted by atomic mass is 10.0. The van der Waals surface area contributed by atoms with Gasteiger partial charge in [0, 0.05) is 18.5 Å². The summed E-state index contributed by atoms with van der Waals surface area (Å²) < 4.78 is 11.0. The number of carbonyl (C=O) groups excluding carboxylic acids is 1. The van der Waals surface area contributed by atoms with Crippen molar-refractivity contribution in [3.05, 3.63) is 53.1 Å². The topological polar surface area (TPSA) is 52.0 Å². The molecule has 1 aliphatic heterocycles. The van der Waals surface area contributed by atoms with Crippen LogP contribution in [0.4, 0.5) is 5.69 Å². The van der Waals surface area contributed by atoms with E-state index in [9.17, 15) is 4.79 Å². The summed E-state index contributed by atoms with van der Waals surface area (Å²) in [7, 11) is 3.36. The Kier molecular flexibility index (Phi) is 6.01. The molecular formula is C22H29N2O3+. The molecule has 2 aromatic rings. The van der Waals surface area contributed by atoms with Crippen molar-refractivity contribution in [1.82, 2.24) is 0 Å². The summed E-state index contributed by atoms with van der Waals surface area (Å²) in [5.74, 6) is 1.72. The molecule has 0 radical (unpaired) electrons. The largest absolute Gasteiger partial charge is 0.497 e. The molecule has 5 nitrogen and oxygen atoms in total. The van der Waals surface area contributed by atoms with Crippen LogP contribution >= 0.6 is 0 Å². The van der Waals surface area contributed by atoms with Gasteiger partial charge in [-0.15, -0.1) is 0 Å². The van der Waals surface area contributed by atoms with E-state index >= 15 is 0 Å². The van der Waals surface area contributed by atoms with Crippen molar-refractivity contribution in [3.8, 4) is 11.5 Å². The number of anilines is 1. The smallest absolute Gasteiger partial charge is 0.279 e. The Morgan fingerprint density at radius 2 is 1.85 bits per heavy atom. The maximum Gasteiger partial charge on any atom is 0.279 e. The second-order valence-electron chi connectivity index (χ2n) is 7.31. The van der Waals surface area contributed by atoms with E-state index < -0.39 is 0 Å². The van der Waals surface area contributed by atoms with Crippen LogP contribution in [0.5, 0.6) is 11.5 Å². The predicted molar refractivity (Wildman–Crippen MR) is 107 cm³/mol. The molecule has 2 atom stereocenters. The van der Waals surface area contributed by atoms with Gasteiger partial charge in [-0.2, -0.15) is 0 Å². The van der Waals surface area contributed by atoms with Crippen LogP contribution in [0, 0.1) is 13.8 Å². The quantitative estimate of drug-likeness (QED) is 0.823. The van der Waals surface area contributed by atoms with Crippen LogP contribution in [-0.2, 0) is 4.79 Å². The fourth-order valence-corrected chi connectivity index (χ4v) is 4.07. The van der Waals surface area contributed by atoms with Crippen molar-refractivity contribution in [2.24, 2.45) is 0 Å². The zero-order valence-corrected chi connectivity index (χ0v) is 16.6. The molecule has 1 aliphatic rings. The summed E-state index contributed by atoms with van der Waals surface area (Å²) >= 11 is 0. The van der Waals surface area contributed by atoms with Crippen LogP contribution in [0.1, 0.15) is 35.6 Å². The van der Waals surface area contributed by atoms with E-state index in [0.29, 0.717) is 6.54 Å². The summed E-state index contributed by atoms with van der Waals surface area (Å²) in [6.07, 6.45) is 2.13. The summed E-state index contributed by atoms with van der Waals surface area (Å²) in [5.41, 5.74) is 4.28. The second-order valence-corrected chi connectivity index (χ2v) is 7.31. The number of carbonyl (C=O) groups is 1. The molecule has 0 saturated carbocycles. The molecule has 1 unspecified atom stereocenters. The van der Waals surface area contributed by atoms with Crippen LogP contribution < -0.4 is 19.7 Å². The summed E-state index contributed by atoms with van der Waals surface area (Å²) in [6, 6.07) is 12.2. The highest BCUT2D eigenvalue weighted by molar-refractivity contribution is 5.91. The number of rotatable bonds is 6. The Morgan fingerprint density at radius 1 is 1.11 bits per heavy atom. The van der Waals surface area contributed by atoms with Crippen molar-refractivity contribution in [3.63, 3.8) is 0 Å². The first kappa shape index (κ1) is 19.2. The average molecular weight is 369 g/mol. The van der Waals surface area contributed by atoms with Crippen LogP contribution in [0.2, 0.25) is 0 Å². The molecule has 0 aliphatic carbocycles. The first-order valence-corrected chi connectivity index (χ1v) is 9.45. The lowest BCUT2D eigenvalue weighted by Crippen LogP contribution is -3.11. The zero-order chi connectivity index (χ0) is 19.4. The number of hydrogen-bond acceptors (Lipinski definition) is 3. The van der Waals surface area contributed by atoms with Gasteiger partial charge in [-0.1, -0.05) is 6.07 Å². The highest BCUT2D eigenvalue weighted by Gasteiger charge is 2.34. The average Bonchev–Trinajstić information content (AvgIpc) is 3.07. The lowest BCUT2D eigenvalue weighted by Gasteiger charge is -2.23. The molecule has 3 rings (SSSR count). The zero-order valence-electron chi connectivity index (χ0n) is 16.6. The number of likely N-dealkylation sites (tertiary alicyclic amines) is 1. The first-order valence-electron chi connectivity index (χ1n) is 9.45. The van der Waals surface area contributed by atoms with Crippen molar-refractivity contribution >= 4 is 11.6 Å². The minimum absolute atomic E-state index is 0.0452. The Balaban J connectivity index is 1.74. The maximum atomic E-state index is 12.7. The number of ether oxygens (including phenoxy) is 2. The minimum atomic E-state index is 0.0452. The molecule has 27 heavy (non-hydrogen) atoms. The summed E-state index contributed by atoms with van der Waals surface area (Å²) in [6.45, 7) is 5.50. The Bertz CT molecular complexity index is 799. The van der Waals surface area contributed by atoms with E-state index in [-0.39, 0.29) is 11.9 Å². The third-order valence-corrected chi connectivity index (χ3v) is 5.19. The van der Waals surface area contributed by atoms with Gasteiger partial charge in [0.2, 0.25) is 0 Å². The monoisotopic (exact) mass is 369 g/mol. The van der Waals surface area contributed by atoms with E-state index in [1.807, 2.05) is 44.2 Å². The maximum absolute atomic E-state index is 12.7. The number of aryl methyl sites for hydroxylation is 2. The molecule has 0 spiro atoms. The highest BCUT2D eigenvalue weighted by atomic mass is 16.5. The van der Waals surface area contributed by atoms with Crippen molar-refractivity contribution < 1.29 is 19.2 Å². The molecule has 1 fully saturated rings. The van der Waals surface area contributed by atoms with Crippen LogP contribution in [0.15, 0.2) is 36.4 Å². The van der Waals surface area contributed by atoms with E-state index in [4.69, 9.17) is 9.47 Å². The van der Waals surface area contributed by atoms with Crippen molar-refractivity contribution in [1.29, 1.82) is 0 Å². The van der Waals surface area contributed by atoms with E-state index in [1.165, 1.54) is 4.90 Å². The summed E-state index contributed by atoms with van der Waals surface area (Å²) in [5, 5.41) is 3.06. The lowest BCUT2D eigenvalue weighted by molar-refractivity contribution is -0.910. The highest BCUT2D eigenvalue weighted by Crippen LogP contribution is 2.31. The van der Waals surface area contributed by atoms with E-state index in [2.05, 4.69) is 11.4 Å². The Morgan fingerprint density at radius 3 is 2.52 bits per heavy atom. The van der Waals surface area contributed by atoms with Gasteiger partial charge >= 0.3 is 0 Å². The SMILES string of the molecule is COc1ccc(OC)c([C@@H]2CCC[NH+]2CC(=O)Nc2cc(C)cc(C)c2)c1. The molecular weight excluding hydrogens is 340 g/mol. The second kappa shape index (κ2) is 8.44. The van der Waals surface area contributed by atoms with Crippen LogP contribution in [0.3, 0.4) is 0 Å². The van der Waals surface area contributed by atoms with Crippen molar-refractivity contribution in [2.75, 3.05) is 32.6 Å². The number of methoxy groups -OCH3 is 2. The van der Waals surface area contributed by atoms with Gasteiger partial charge in [0.25, 0.3) is 5.91 Å². The number of nitrogens with one attached hydrogen (secondary N) is 2. The fraction of sp³-hybridized carbons (Fsp3) is 0.409. The molecule has 1 saturated heterocycles. The van der Waals surface area contributed by atoms with Gasteiger partial charge in [-0.25, -0.2) is 0 Å². The first-order chi connectivity index (χ1) is 13.0. The Hall–Kier alpha value is -2.53. The molecule has 0 bridgehead atoms. The molecule has 144 valence electrons. The minimum Gasteiger partial charge on any atom is -0.497 e. The van der Waals surface area contributed by atoms with Crippen LogP contribution in [-0.4, -0.2) is 33.2 Å². The Labute approximate surface area is 161 Å². The van der Waals surface area contributed by atoms with Gasteiger partial charge in [-0.3, -0.25) is 4.79 Å². The van der Waals surface area contributed by atoms with Gasteiger partial charge in [0.05, 0.1) is 26.3 Å². The molecule has 2 aromatic carbocycles. The van der Waals surface area contributed by atoms with Gasteiger partial charge in [0.1, 0.15) is 17.5 Å². The van der Waals surface area contributed by atoms with E-state index in [0.717, 1.165) is 53.3 Å². The van der Waals surface area contributed by atoms with Gasteiger partial charge < -0.3 is 19.7 Å².